The number of halogens is 2. The Morgan fingerprint density at radius 1 is 1.05 bits per heavy atom. The number of benzene rings is 4. The number of hydrogen-bond acceptors (Lipinski definition) is 6. The highest BCUT2D eigenvalue weighted by atomic mass is 35.5. The third-order valence-corrected chi connectivity index (χ3v) is 8.56. The van der Waals surface area contributed by atoms with Crippen LogP contribution in [-0.4, -0.2) is 17.1 Å². The van der Waals surface area contributed by atoms with Crippen LogP contribution in [0.4, 0.5) is 4.39 Å². The third kappa shape index (κ3) is 5.51. The van der Waals surface area contributed by atoms with E-state index in [4.69, 9.17) is 21.1 Å². The van der Waals surface area contributed by atoms with Gasteiger partial charge in [-0.25, -0.2) is 14.2 Å². The summed E-state index contributed by atoms with van der Waals surface area (Å²) >= 11 is 7.85. The molecule has 9 heteroatoms. The van der Waals surface area contributed by atoms with E-state index in [1.807, 2.05) is 42.5 Å². The number of aromatic nitrogens is 1. The van der Waals surface area contributed by atoms with E-state index in [-0.39, 0.29) is 30.2 Å². The van der Waals surface area contributed by atoms with Gasteiger partial charge in [-0.05, 0) is 66.1 Å². The Labute approximate surface area is 255 Å². The molecule has 43 heavy (non-hydrogen) atoms. The van der Waals surface area contributed by atoms with Gasteiger partial charge in [0.05, 0.1) is 22.4 Å². The number of rotatable bonds is 7. The molecule has 0 amide bonds. The van der Waals surface area contributed by atoms with E-state index in [1.54, 1.807) is 50.3 Å². The molecule has 0 bridgehead atoms. The maximum absolute atomic E-state index is 14.2. The van der Waals surface area contributed by atoms with Crippen molar-refractivity contribution in [1.29, 1.82) is 0 Å². The van der Waals surface area contributed by atoms with Crippen molar-refractivity contribution in [3.63, 3.8) is 0 Å². The fraction of sp³-hybridized carbons (Fsp3) is 0.147. The van der Waals surface area contributed by atoms with E-state index in [2.05, 4.69) is 4.99 Å². The second-order valence-corrected chi connectivity index (χ2v) is 11.4. The van der Waals surface area contributed by atoms with Crippen molar-refractivity contribution in [3.05, 3.63) is 143 Å². The molecule has 1 aliphatic heterocycles. The van der Waals surface area contributed by atoms with Gasteiger partial charge in [0, 0.05) is 10.6 Å². The van der Waals surface area contributed by atoms with Gasteiger partial charge >= 0.3 is 5.97 Å². The van der Waals surface area contributed by atoms with Gasteiger partial charge in [0.2, 0.25) is 0 Å². The monoisotopic (exact) mass is 612 g/mol. The SMILES string of the molecule is CCOC(=O)C1=C(C)N=c2s/c(=C\c3c(OCc4ccc(F)cc4)ccc4ccccc34)c(=O)n2[C@@H]1c1ccccc1Cl. The number of allylic oxidation sites excluding steroid dienone is 1. The van der Waals surface area contributed by atoms with Gasteiger partial charge in [0.15, 0.2) is 4.80 Å². The Morgan fingerprint density at radius 3 is 2.56 bits per heavy atom. The highest BCUT2D eigenvalue weighted by molar-refractivity contribution is 7.07. The molecule has 5 aromatic rings. The summed E-state index contributed by atoms with van der Waals surface area (Å²) in [5.41, 5.74) is 2.54. The van der Waals surface area contributed by atoms with E-state index in [0.29, 0.717) is 31.4 Å². The Balaban J connectivity index is 1.53. The maximum Gasteiger partial charge on any atom is 0.338 e. The molecule has 0 spiro atoms. The molecule has 4 aromatic carbocycles. The highest BCUT2D eigenvalue weighted by Crippen LogP contribution is 2.35. The Kier molecular flexibility index (Phi) is 7.97. The van der Waals surface area contributed by atoms with Crippen molar-refractivity contribution in [1.82, 2.24) is 4.57 Å². The number of esters is 1. The third-order valence-electron chi connectivity index (χ3n) is 7.23. The van der Waals surface area contributed by atoms with Gasteiger partial charge < -0.3 is 9.47 Å². The summed E-state index contributed by atoms with van der Waals surface area (Å²) in [5.74, 6) is -0.296. The summed E-state index contributed by atoms with van der Waals surface area (Å²) in [6, 6.07) is 24.1. The molecule has 0 N–H and O–H groups in total. The van der Waals surface area contributed by atoms with Crippen LogP contribution >= 0.6 is 22.9 Å². The first-order valence-electron chi connectivity index (χ1n) is 13.7. The smallest absolute Gasteiger partial charge is 0.338 e. The van der Waals surface area contributed by atoms with Crippen molar-refractivity contribution in [3.8, 4) is 5.75 Å². The van der Waals surface area contributed by atoms with Gasteiger partial charge in [-0.1, -0.05) is 83.6 Å². The first-order chi connectivity index (χ1) is 20.9. The average molecular weight is 613 g/mol. The van der Waals surface area contributed by atoms with Crippen LogP contribution in [-0.2, 0) is 16.1 Å². The zero-order valence-electron chi connectivity index (χ0n) is 23.3. The molecule has 216 valence electrons. The topological polar surface area (TPSA) is 69.9 Å². The van der Waals surface area contributed by atoms with Gasteiger partial charge in [-0.3, -0.25) is 9.36 Å². The molecular weight excluding hydrogens is 587 g/mol. The highest BCUT2D eigenvalue weighted by Gasteiger charge is 2.34. The predicted molar refractivity (Wildman–Crippen MR) is 167 cm³/mol. The molecule has 0 fully saturated rings. The summed E-state index contributed by atoms with van der Waals surface area (Å²) in [6.45, 7) is 3.86. The van der Waals surface area contributed by atoms with Gasteiger partial charge in [-0.2, -0.15) is 0 Å². The molecule has 0 unspecified atom stereocenters. The lowest BCUT2D eigenvalue weighted by Gasteiger charge is -2.25. The van der Waals surface area contributed by atoms with Crippen LogP contribution in [0.5, 0.6) is 5.75 Å². The van der Waals surface area contributed by atoms with Crippen LogP contribution in [0.2, 0.25) is 5.02 Å². The quantitative estimate of drug-likeness (QED) is 0.202. The summed E-state index contributed by atoms with van der Waals surface area (Å²) < 4.78 is 27.0. The minimum Gasteiger partial charge on any atom is -0.488 e. The van der Waals surface area contributed by atoms with E-state index >= 15 is 0 Å². The zero-order valence-corrected chi connectivity index (χ0v) is 24.9. The maximum atomic E-state index is 14.2. The Hall–Kier alpha value is -4.53. The molecule has 1 aliphatic rings. The number of fused-ring (bicyclic) bond motifs is 2. The minimum atomic E-state index is -0.812. The van der Waals surface area contributed by atoms with E-state index in [0.717, 1.165) is 21.9 Å². The van der Waals surface area contributed by atoms with Crippen LogP contribution in [0.1, 0.15) is 36.6 Å². The zero-order chi connectivity index (χ0) is 30.1. The second-order valence-electron chi connectivity index (χ2n) is 9.94. The Morgan fingerprint density at radius 2 is 1.79 bits per heavy atom. The number of nitrogens with zero attached hydrogens (tertiary/aromatic N) is 2. The first-order valence-corrected chi connectivity index (χ1v) is 14.9. The van der Waals surface area contributed by atoms with E-state index < -0.39 is 12.0 Å². The molecule has 0 aliphatic carbocycles. The lowest BCUT2D eigenvalue weighted by molar-refractivity contribution is -0.139. The van der Waals surface area contributed by atoms with Gasteiger partial charge in [0.25, 0.3) is 5.56 Å². The number of carbonyl (C=O) groups excluding carboxylic acids is 1. The predicted octanol–water partition coefficient (Wildman–Crippen LogP) is 6.32. The molecule has 1 aromatic heterocycles. The first kappa shape index (κ1) is 28.6. The van der Waals surface area contributed by atoms with Crippen molar-refractivity contribution in [2.24, 2.45) is 4.99 Å². The molecule has 0 saturated carbocycles. The average Bonchev–Trinajstić information content (AvgIpc) is 3.31. The fourth-order valence-corrected chi connectivity index (χ4v) is 6.47. The molecule has 1 atom stereocenters. The van der Waals surface area contributed by atoms with Crippen molar-refractivity contribution in [2.75, 3.05) is 6.61 Å². The summed E-state index contributed by atoms with van der Waals surface area (Å²) in [4.78, 5) is 32.5. The number of carbonyl (C=O) groups is 1. The Bertz CT molecular complexity index is 2080. The molecule has 0 saturated heterocycles. The fourth-order valence-electron chi connectivity index (χ4n) is 5.21. The van der Waals surface area contributed by atoms with Crippen LogP contribution < -0.4 is 19.6 Å². The minimum absolute atomic E-state index is 0.178. The van der Waals surface area contributed by atoms with Gasteiger partial charge in [-0.15, -0.1) is 0 Å². The van der Waals surface area contributed by atoms with Gasteiger partial charge in [0.1, 0.15) is 24.2 Å². The van der Waals surface area contributed by atoms with Crippen molar-refractivity contribution >= 4 is 45.8 Å². The van der Waals surface area contributed by atoms with E-state index in [9.17, 15) is 14.0 Å². The summed E-state index contributed by atoms with van der Waals surface area (Å²) in [5, 5.41) is 2.30. The molecule has 0 radical (unpaired) electrons. The van der Waals surface area contributed by atoms with Crippen LogP contribution in [0.3, 0.4) is 0 Å². The number of thiazole rings is 1. The largest absolute Gasteiger partial charge is 0.488 e. The van der Waals surface area contributed by atoms with E-state index in [1.165, 1.54) is 28.0 Å². The van der Waals surface area contributed by atoms with Crippen LogP contribution in [0.25, 0.3) is 16.8 Å². The van der Waals surface area contributed by atoms with Crippen molar-refractivity contribution < 1.29 is 18.7 Å². The molecule has 2 heterocycles. The lowest BCUT2D eigenvalue weighted by Crippen LogP contribution is -2.40. The number of hydrogen-bond donors (Lipinski definition) is 0. The second kappa shape index (κ2) is 12.0. The van der Waals surface area contributed by atoms with Crippen molar-refractivity contribution in [2.45, 2.75) is 26.5 Å². The standard InChI is InChI=1S/C34H26ClFN2O4S/c1-3-41-33(40)30-20(2)37-34-38(31(30)25-10-6-7-11-27(25)35)32(39)29(43-34)18-26-24-9-5-4-8-22(24)14-17-28(26)42-19-21-12-15-23(36)16-13-21/h4-18,31H,3,19H2,1-2H3/b29-18-/t31-/m1/s1. The number of ether oxygens (including phenoxy) is 2. The summed E-state index contributed by atoms with van der Waals surface area (Å²) in [7, 11) is 0. The molecule has 6 nitrogen and oxygen atoms in total. The molecular formula is C34H26ClFN2O4S. The molecule has 6 rings (SSSR count). The normalized spacial score (nSPS) is 14.9. The van der Waals surface area contributed by atoms with Crippen LogP contribution in [0.15, 0.2) is 106 Å². The van der Waals surface area contributed by atoms with Crippen LogP contribution in [0, 0.1) is 5.82 Å². The summed E-state index contributed by atoms with van der Waals surface area (Å²) in [6.07, 6.45) is 1.80. The lowest BCUT2D eigenvalue weighted by atomic mass is 9.96.